The number of hydrogen-bond acceptors (Lipinski definition) is 0. The molecule has 0 heterocycles. The lowest BCUT2D eigenvalue weighted by Crippen LogP contribution is -1.89. The van der Waals surface area contributed by atoms with Crippen LogP contribution in [-0.4, -0.2) is 0 Å². The van der Waals surface area contributed by atoms with Crippen LogP contribution in [0.1, 0.15) is 22.3 Å². The molecule has 0 unspecified atom stereocenters. The zero-order valence-electron chi connectivity index (χ0n) is 7.08. The van der Waals surface area contributed by atoms with Crippen LogP contribution in [0, 0.1) is 33.8 Å². The van der Waals surface area contributed by atoms with Gasteiger partial charge in [0.15, 0.2) is 0 Å². The summed E-state index contributed by atoms with van der Waals surface area (Å²) in [5, 5.41) is 0. The van der Waals surface area contributed by atoms with Gasteiger partial charge in [-0.3, -0.25) is 0 Å². The fourth-order valence-corrected chi connectivity index (χ4v) is 1.01. The van der Waals surface area contributed by atoms with Crippen LogP contribution >= 0.6 is 0 Å². The van der Waals surface area contributed by atoms with E-state index in [1.54, 1.807) is 0 Å². The molecule has 0 fully saturated rings. The first-order valence-electron chi connectivity index (χ1n) is 3.58. The number of aryl methyl sites for hydroxylation is 2. The average Bonchev–Trinajstić information content (AvgIpc) is 1.93. The van der Waals surface area contributed by atoms with Gasteiger partial charge in [-0.05, 0) is 56.0 Å². The van der Waals surface area contributed by atoms with Crippen molar-refractivity contribution in [3.63, 3.8) is 0 Å². The van der Waals surface area contributed by atoms with E-state index in [0.717, 1.165) is 0 Å². The fraction of sp³-hybridized carbons (Fsp3) is 0.400. The molecule has 0 aliphatic rings. The van der Waals surface area contributed by atoms with Crippen molar-refractivity contribution in [1.82, 2.24) is 0 Å². The Labute approximate surface area is 62.9 Å². The van der Waals surface area contributed by atoms with Crippen LogP contribution in [-0.2, 0) is 0 Å². The van der Waals surface area contributed by atoms with E-state index in [4.69, 9.17) is 0 Å². The average molecular weight is 133 g/mol. The first-order chi connectivity index (χ1) is 4.63. The van der Waals surface area contributed by atoms with Crippen molar-refractivity contribution in [2.45, 2.75) is 27.7 Å². The molecule has 0 aromatic heterocycles. The summed E-state index contributed by atoms with van der Waals surface area (Å²) >= 11 is 0. The summed E-state index contributed by atoms with van der Waals surface area (Å²) < 4.78 is 0. The van der Waals surface area contributed by atoms with Crippen LogP contribution in [0.25, 0.3) is 0 Å². The second-order valence-electron chi connectivity index (χ2n) is 2.85. The van der Waals surface area contributed by atoms with E-state index in [2.05, 4.69) is 39.8 Å². The molecule has 0 aliphatic carbocycles. The maximum Gasteiger partial charge on any atom is -0.0146 e. The Bertz CT molecular complexity index is 219. The minimum absolute atomic E-state index is 1.27. The molecule has 53 valence electrons. The van der Waals surface area contributed by atoms with E-state index >= 15 is 0 Å². The van der Waals surface area contributed by atoms with E-state index in [0.29, 0.717) is 0 Å². The summed E-state index contributed by atoms with van der Waals surface area (Å²) in [6.45, 7) is 8.53. The van der Waals surface area contributed by atoms with Crippen molar-refractivity contribution in [1.29, 1.82) is 0 Å². The topological polar surface area (TPSA) is 0 Å². The third-order valence-corrected chi connectivity index (χ3v) is 2.22. The molecule has 1 aromatic rings. The monoisotopic (exact) mass is 133 g/mol. The van der Waals surface area contributed by atoms with Crippen molar-refractivity contribution in [3.8, 4) is 0 Å². The van der Waals surface area contributed by atoms with Gasteiger partial charge in [0.05, 0.1) is 0 Å². The molecule has 0 bridgehead atoms. The molecule has 0 spiro atoms. The highest BCUT2D eigenvalue weighted by Gasteiger charge is 1.98. The third-order valence-electron chi connectivity index (χ3n) is 2.22. The predicted octanol–water partition coefficient (Wildman–Crippen LogP) is 2.72. The highest BCUT2D eigenvalue weighted by atomic mass is 14.0. The van der Waals surface area contributed by atoms with Gasteiger partial charge in [-0.25, -0.2) is 0 Å². The molecule has 0 saturated carbocycles. The Kier molecular flexibility index (Phi) is 1.80. The summed E-state index contributed by atoms with van der Waals surface area (Å²) in [7, 11) is 0. The number of hydrogen-bond donors (Lipinski definition) is 0. The van der Waals surface area contributed by atoms with E-state index in [-0.39, 0.29) is 0 Å². The Morgan fingerprint density at radius 1 is 1.00 bits per heavy atom. The van der Waals surface area contributed by atoms with Crippen LogP contribution in [0.3, 0.4) is 0 Å². The molecule has 0 N–H and O–H groups in total. The predicted molar refractivity (Wildman–Crippen MR) is 44.2 cm³/mol. The van der Waals surface area contributed by atoms with Crippen LogP contribution in [0.15, 0.2) is 6.07 Å². The number of rotatable bonds is 0. The highest BCUT2D eigenvalue weighted by Crippen LogP contribution is 2.14. The highest BCUT2D eigenvalue weighted by molar-refractivity contribution is 5.36. The van der Waals surface area contributed by atoms with Gasteiger partial charge in [0, 0.05) is 0 Å². The molecule has 0 amide bonds. The molecule has 0 atom stereocenters. The summed E-state index contributed by atoms with van der Waals surface area (Å²) in [5.74, 6) is 0. The van der Waals surface area contributed by atoms with Crippen molar-refractivity contribution >= 4 is 0 Å². The van der Waals surface area contributed by atoms with Gasteiger partial charge in [0.25, 0.3) is 0 Å². The molecule has 1 aromatic carbocycles. The molecular formula is C10H13. The minimum Gasteiger partial charge on any atom is -0.0509 e. The summed E-state index contributed by atoms with van der Waals surface area (Å²) in [4.78, 5) is 0. The lowest BCUT2D eigenvalue weighted by Gasteiger charge is -2.05. The van der Waals surface area contributed by atoms with Gasteiger partial charge >= 0.3 is 0 Å². The van der Waals surface area contributed by atoms with Crippen molar-refractivity contribution in [3.05, 3.63) is 34.4 Å². The lowest BCUT2D eigenvalue weighted by atomic mass is 10.0. The first-order valence-corrected chi connectivity index (χ1v) is 3.58. The van der Waals surface area contributed by atoms with Crippen LogP contribution in [0.2, 0.25) is 0 Å². The molecule has 0 nitrogen and oxygen atoms in total. The second-order valence-corrected chi connectivity index (χ2v) is 2.85. The summed E-state index contributed by atoms with van der Waals surface area (Å²) in [6.07, 6.45) is 0. The molecule has 0 saturated heterocycles. The minimum atomic E-state index is 1.27. The molecule has 0 heteroatoms. The molecular weight excluding hydrogens is 120 g/mol. The molecule has 0 aliphatic heterocycles. The van der Waals surface area contributed by atoms with E-state index in [1.807, 2.05) is 0 Å². The summed E-state index contributed by atoms with van der Waals surface area (Å²) in [5.41, 5.74) is 5.38. The van der Waals surface area contributed by atoms with Crippen LogP contribution in [0.5, 0.6) is 0 Å². The maximum atomic E-state index is 3.21. The Hall–Kier alpha value is -0.780. The number of benzene rings is 1. The second kappa shape index (κ2) is 2.45. The fourth-order valence-electron chi connectivity index (χ4n) is 1.01. The van der Waals surface area contributed by atoms with Crippen molar-refractivity contribution in [2.75, 3.05) is 0 Å². The summed E-state index contributed by atoms with van der Waals surface area (Å²) in [6, 6.07) is 5.26. The van der Waals surface area contributed by atoms with Gasteiger partial charge in [-0.1, -0.05) is 6.07 Å². The normalized spacial score (nSPS) is 10.0. The van der Waals surface area contributed by atoms with Gasteiger partial charge in [-0.15, -0.1) is 0 Å². The zero-order chi connectivity index (χ0) is 7.72. The first kappa shape index (κ1) is 7.33. The smallest absolute Gasteiger partial charge is 0.0146 e. The Morgan fingerprint density at radius 3 is 2.10 bits per heavy atom. The maximum absolute atomic E-state index is 3.21. The molecule has 10 heavy (non-hydrogen) atoms. The Morgan fingerprint density at radius 2 is 1.60 bits per heavy atom. The van der Waals surface area contributed by atoms with Gasteiger partial charge in [0.1, 0.15) is 0 Å². The SMILES string of the molecule is Cc1[c]cc(C)c(C)c1C. The van der Waals surface area contributed by atoms with Gasteiger partial charge < -0.3 is 0 Å². The molecule has 1 rings (SSSR count). The van der Waals surface area contributed by atoms with Crippen molar-refractivity contribution < 1.29 is 0 Å². The van der Waals surface area contributed by atoms with Gasteiger partial charge in [0.2, 0.25) is 0 Å². The zero-order valence-corrected chi connectivity index (χ0v) is 7.08. The van der Waals surface area contributed by atoms with Crippen LogP contribution in [0.4, 0.5) is 0 Å². The Balaban J connectivity index is 3.34. The van der Waals surface area contributed by atoms with E-state index in [1.165, 1.54) is 22.3 Å². The van der Waals surface area contributed by atoms with Gasteiger partial charge in [-0.2, -0.15) is 0 Å². The van der Waals surface area contributed by atoms with Crippen LogP contribution < -0.4 is 0 Å². The molecule has 1 radical (unpaired) electrons. The largest absolute Gasteiger partial charge is 0.0509 e. The quantitative estimate of drug-likeness (QED) is 0.510. The lowest BCUT2D eigenvalue weighted by molar-refractivity contribution is 1.21. The van der Waals surface area contributed by atoms with Crippen molar-refractivity contribution in [2.24, 2.45) is 0 Å². The van der Waals surface area contributed by atoms with E-state index in [9.17, 15) is 0 Å². The van der Waals surface area contributed by atoms with E-state index < -0.39 is 0 Å². The standard InChI is InChI=1S/C10H13/c1-7-5-6-8(2)10(4)9(7)3/h5H,1-4H3. The third kappa shape index (κ3) is 1.06.